The average Bonchev–Trinajstić information content (AvgIpc) is 2.88. The number of carbonyl (C=O) groups is 2. The van der Waals surface area contributed by atoms with Gasteiger partial charge in [-0.1, -0.05) is 0 Å². The van der Waals surface area contributed by atoms with Gasteiger partial charge in [0, 0.05) is 9.13 Å². The van der Waals surface area contributed by atoms with Gasteiger partial charge in [-0.05, 0) is 65.2 Å². The number of thiophene rings is 1. The van der Waals surface area contributed by atoms with Gasteiger partial charge in [0.1, 0.15) is 5.00 Å². The summed E-state index contributed by atoms with van der Waals surface area (Å²) < 4.78 is 6.00. The largest absolute Gasteiger partial charge is 0.462 e. The second kappa shape index (κ2) is 6.85. The van der Waals surface area contributed by atoms with Crippen LogP contribution in [0.15, 0.2) is 35.7 Å². The predicted molar refractivity (Wildman–Crippen MR) is 87.4 cm³/mol. The highest BCUT2D eigenvalue weighted by Crippen LogP contribution is 2.24. The Morgan fingerprint density at radius 2 is 1.95 bits per heavy atom. The molecule has 2 aromatic rings. The highest BCUT2D eigenvalue weighted by atomic mass is 127. The van der Waals surface area contributed by atoms with Crippen LogP contribution in [-0.2, 0) is 4.74 Å². The quantitative estimate of drug-likeness (QED) is 0.627. The van der Waals surface area contributed by atoms with Gasteiger partial charge in [0.05, 0.1) is 12.2 Å². The smallest absolute Gasteiger partial charge is 0.341 e. The van der Waals surface area contributed by atoms with E-state index in [0.29, 0.717) is 22.7 Å². The first-order chi connectivity index (χ1) is 9.61. The molecule has 0 radical (unpaired) electrons. The molecule has 6 heteroatoms. The number of anilines is 1. The molecule has 1 amide bonds. The molecule has 0 aliphatic heterocycles. The number of esters is 1. The van der Waals surface area contributed by atoms with Crippen molar-refractivity contribution >= 4 is 50.8 Å². The Kier molecular flexibility index (Phi) is 5.13. The summed E-state index contributed by atoms with van der Waals surface area (Å²) in [6.45, 7) is 2.05. The molecule has 0 aliphatic carbocycles. The predicted octanol–water partition coefficient (Wildman–Crippen LogP) is 3.78. The monoisotopic (exact) mass is 401 g/mol. The van der Waals surface area contributed by atoms with E-state index >= 15 is 0 Å². The number of amides is 1. The van der Waals surface area contributed by atoms with Gasteiger partial charge in [0.2, 0.25) is 0 Å². The third-order valence-corrected chi connectivity index (χ3v) is 4.04. The van der Waals surface area contributed by atoms with Gasteiger partial charge in [-0.25, -0.2) is 4.79 Å². The summed E-state index contributed by atoms with van der Waals surface area (Å²) in [4.78, 5) is 23.8. The zero-order valence-corrected chi connectivity index (χ0v) is 13.7. The third-order valence-electron chi connectivity index (χ3n) is 2.49. The number of hydrogen-bond acceptors (Lipinski definition) is 4. The summed E-state index contributed by atoms with van der Waals surface area (Å²) in [5, 5.41) is 4.99. The fraction of sp³-hybridized carbons (Fsp3) is 0.143. The number of carbonyl (C=O) groups excluding carboxylic acids is 2. The van der Waals surface area contributed by atoms with Gasteiger partial charge in [0.25, 0.3) is 5.91 Å². The molecule has 4 nitrogen and oxygen atoms in total. The maximum atomic E-state index is 12.1. The van der Waals surface area contributed by atoms with Crippen LogP contribution in [0.2, 0.25) is 0 Å². The Bertz CT molecular complexity index is 622. The third kappa shape index (κ3) is 3.57. The molecule has 0 saturated carbocycles. The van der Waals surface area contributed by atoms with E-state index in [2.05, 4.69) is 27.9 Å². The van der Waals surface area contributed by atoms with Crippen LogP contribution in [0.4, 0.5) is 5.00 Å². The van der Waals surface area contributed by atoms with Crippen molar-refractivity contribution in [2.24, 2.45) is 0 Å². The normalized spacial score (nSPS) is 10.1. The van der Waals surface area contributed by atoms with Gasteiger partial charge in [0.15, 0.2) is 0 Å². The van der Waals surface area contributed by atoms with Gasteiger partial charge in [-0.15, -0.1) is 11.3 Å². The van der Waals surface area contributed by atoms with E-state index in [1.54, 1.807) is 30.5 Å². The maximum Gasteiger partial charge on any atom is 0.341 e. The molecule has 0 spiro atoms. The Morgan fingerprint density at radius 1 is 1.25 bits per heavy atom. The number of nitrogens with one attached hydrogen (secondary N) is 1. The molecule has 1 aromatic carbocycles. The Labute approximate surface area is 134 Å². The number of ether oxygens (including phenoxy) is 1. The van der Waals surface area contributed by atoms with E-state index in [0.717, 1.165) is 3.57 Å². The van der Waals surface area contributed by atoms with E-state index in [9.17, 15) is 9.59 Å². The van der Waals surface area contributed by atoms with Crippen LogP contribution in [0.25, 0.3) is 0 Å². The molecule has 0 atom stereocenters. The zero-order chi connectivity index (χ0) is 14.5. The minimum absolute atomic E-state index is 0.241. The lowest BCUT2D eigenvalue weighted by Crippen LogP contribution is -2.14. The Hall–Kier alpha value is -1.41. The van der Waals surface area contributed by atoms with Crippen molar-refractivity contribution in [3.05, 3.63) is 50.4 Å². The summed E-state index contributed by atoms with van der Waals surface area (Å²) in [6.07, 6.45) is 0. The van der Waals surface area contributed by atoms with Gasteiger partial charge >= 0.3 is 5.97 Å². The van der Waals surface area contributed by atoms with Crippen LogP contribution in [0, 0.1) is 3.57 Å². The minimum atomic E-state index is -0.424. The van der Waals surface area contributed by atoms with Crippen molar-refractivity contribution in [3.8, 4) is 0 Å². The van der Waals surface area contributed by atoms with Crippen LogP contribution >= 0.6 is 33.9 Å². The van der Waals surface area contributed by atoms with Crippen LogP contribution in [0.1, 0.15) is 27.6 Å². The van der Waals surface area contributed by atoms with Crippen LogP contribution in [-0.4, -0.2) is 18.5 Å². The molecule has 1 aromatic heterocycles. The lowest BCUT2D eigenvalue weighted by molar-refractivity contribution is 0.0528. The second-order valence-electron chi connectivity index (χ2n) is 3.84. The van der Waals surface area contributed by atoms with Crippen LogP contribution < -0.4 is 5.32 Å². The van der Waals surface area contributed by atoms with Crippen molar-refractivity contribution in [3.63, 3.8) is 0 Å². The van der Waals surface area contributed by atoms with Crippen LogP contribution in [0.5, 0.6) is 0 Å². The first-order valence-electron chi connectivity index (χ1n) is 5.93. The molecule has 0 saturated heterocycles. The molecule has 104 valence electrons. The molecule has 0 fully saturated rings. The fourth-order valence-corrected chi connectivity index (χ4v) is 2.68. The first-order valence-corrected chi connectivity index (χ1v) is 7.89. The molecule has 0 unspecified atom stereocenters. The topological polar surface area (TPSA) is 55.4 Å². The molecule has 1 N–H and O–H groups in total. The van der Waals surface area contributed by atoms with Crippen molar-refractivity contribution in [2.45, 2.75) is 6.92 Å². The molecule has 20 heavy (non-hydrogen) atoms. The summed E-state index contributed by atoms with van der Waals surface area (Å²) >= 11 is 3.47. The lowest BCUT2D eigenvalue weighted by Gasteiger charge is -2.06. The fourth-order valence-electron chi connectivity index (χ4n) is 1.55. The highest BCUT2D eigenvalue weighted by Gasteiger charge is 2.16. The maximum absolute atomic E-state index is 12.1. The van der Waals surface area contributed by atoms with E-state index in [4.69, 9.17) is 4.74 Å². The molecular weight excluding hydrogens is 389 g/mol. The molecule has 1 heterocycles. The van der Waals surface area contributed by atoms with Crippen molar-refractivity contribution in [2.75, 3.05) is 11.9 Å². The second-order valence-corrected chi connectivity index (χ2v) is 6.01. The van der Waals surface area contributed by atoms with Crippen molar-refractivity contribution < 1.29 is 14.3 Å². The van der Waals surface area contributed by atoms with E-state index in [1.165, 1.54) is 11.3 Å². The summed E-state index contributed by atoms with van der Waals surface area (Å²) in [7, 11) is 0. The molecule has 2 rings (SSSR count). The Balaban J connectivity index is 2.14. The number of halogens is 1. The minimum Gasteiger partial charge on any atom is -0.462 e. The first kappa shape index (κ1) is 15.0. The molecule has 0 aliphatic rings. The summed E-state index contributed by atoms with van der Waals surface area (Å²) in [5.41, 5.74) is 0.935. The number of benzene rings is 1. The highest BCUT2D eigenvalue weighted by molar-refractivity contribution is 14.1. The van der Waals surface area contributed by atoms with E-state index in [1.807, 2.05) is 12.1 Å². The lowest BCUT2D eigenvalue weighted by atomic mass is 10.2. The SMILES string of the molecule is CCOC(=O)c1ccsc1NC(=O)c1ccc(I)cc1. The van der Waals surface area contributed by atoms with E-state index in [-0.39, 0.29) is 5.91 Å². The number of rotatable bonds is 4. The summed E-state index contributed by atoms with van der Waals surface area (Å²) in [6, 6.07) is 8.85. The van der Waals surface area contributed by atoms with E-state index < -0.39 is 5.97 Å². The molecular formula is C14H12INO3S. The van der Waals surface area contributed by atoms with Gasteiger partial charge < -0.3 is 10.1 Å². The standard InChI is InChI=1S/C14H12INO3S/c1-2-19-14(18)11-7-8-20-13(11)16-12(17)9-3-5-10(15)6-4-9/h3-8H,2H2,1H3,(H,16,17). The van der Waals surface area contributed by atoms with Crippen molar-refractivity contribution in [1.29, 1.82) is 0 Å². The average molecular weight is 401 g/mol. The van der Waals surface area contributed by atoms with Gasteiger partial charge in [-0.3, -0.25) is 4.79 Å². The zero-order valence-electron chi connectivity index (χ0n) is 10.7. The van der Waals surface area contributed by atoms with Crippen molar-refractivity contribution in [1.82, 2.24) is 0 Å². The van der Waals surface area contributed by atoms with Crippen LogP contribution in [0.3, 0.4) is 0 Å². The number of hydrogen-bond donors (Lipinski definition) is 1. The summed E-state index contributed by atoms with van der Waals surface area (Å²) in [5.74, 6) is -0.666. The molecule has 0 bridgehead atoms. The Morgan fingerprint density at radius 3 is 2.60 bits per heavy atom. The van der Waals surface area contributed by atoms with Gasteiger partial charge in [-0.2, -0.15) is 0 Å².